The van der Waals surface area contributed by atoms with E-state index in [9.17, 15) is 22.3 Å². The summed E-state index contributed by atoms with van der Waals surface area (Å²) < 4.78 is 69.6. The SMILES string of the molecule is N#Cc1cc(Oc2ccc(C34CCC(CC3)N3CCS(O)(O)N=C34)cc2)ccc1C(F)(F)F. The van der Waals surface area contributed by atoms with Crippen LogP contribution in [0.15, 0.2) is 46.9 Å². The Morgan fingerprint density at radius 1 is 1.09 bits per heavy atom. The van der Waals surface area contributed by atoms with E-state index in [4.69, 9.17) is 10.00 Å². The number of fused-ring (bicyclic) bond motifs is 2. The second kappa shape index (κ2) is 7.65. The van der Waals surface area contributed by atoms with E-state index in [1.807, 2.05) is 12.1 Å². The Bertz CT molecular complexity index is 1150. The van der Waals surface area contributed by atoms with Crippen molar-refractivity contribution in [2.45, 2.75) is 43.3 Å². The molecule has 174 valence electrons. The van der Waals surface area contributed by atoms with E-state index in [-0.39, 0.29) is 16.9 Å². The predicted octanol–water partition coefficient (Wildman–Crippen LogP) is 5.94. The van der Waals surface area contributed by atoms with Gasteiger partial charge < -0.3 is 9.64 Å². The Morgan fingerprint density at radius 3 is 2.39 bits per heavy atom. The van der Waals surface area contributed by atoms with Crippen LogP contribution in [0.3, 0.4) is 0 Å². The van der Waals surface area contributed by atoms with Gasteiger partial charge in [0.2, 0.25) is 0 Å². The van der Waals surface area contributed by atoms with Crippen LogP contribution in [-0.4, -0.2) is 38.2 Å². The summed E-state index contributed by atoms with van der Waals surface area (Å²) in [6.45, 7) is 0.587. The van der Waals surface area contributed by atoms with Crippen molar-refractivity contribution in [3.05, 3.63) is 59.2 Å². The van der Waals surface area contributed by atoms with Gasteiger partial charge in [-0.25, -0.2) is 0 Å². The normalized spacial score (nSPS) is 26.7. The lowest BCUT2D eigenvalue weighted by molar-refractivity contribution is -0.137. The van der Waals surface area contributed by atoms with Crippen molar-refractivity contribution in [2.24, 2.45) is 4.40 Å². The summed E-state index contributed by atoms with van der Waals surface area (Å²) in [5, 5.41) is 9.09. The van der Waals surface area contributed by atoms with Crippen LogP contribution in [0.4, 0.5) is 13.2 Å². The second-order valence-corrected chi connectivity index (χ2v) is 10.6. The van der Waals surface area contributed by atoms with Crippen molar-refractivity contribution in [1.29, 1.82) is 5.26 Å². The molecule has 3 heterocycles. The van der Waals surface area contributed by atoms with Gasteiger partial charge in [0.1, 0.15) is 17.3 Å². The van der Waals surface area contributed by atoms with Gasteiger partial charge in [-0.3, -0.25) is 9.11 Å². The number of nitriles is 1. The zero-order chi connectivity index (χ0) is 23.4. The number of halogens is 3. The van der Waals surface area contributed by atoms with Crippen molar-refractivity contribution in [2.75, 3.05) is 12.3 Å². The van der Waals surface area contributed by atoms with Gasteiger partial charge in [0.25, 0.3) is 0 Å². The zero-order valence-corrected chi connectivity index (χ0v) is 18.4. The average molecular weight is 478 g/mol. The third kappa shape index (κ3) is 3.84. The topological polar surface area (TPSA) is 89.1 Å². The first-order valence-electron chi connectivity index (χ1n) is 10.6. The highest BCUT2D eigenvalue weighted by molar-refractivity contribution is 8.23. The summed E-state index contributed by atoms with van der Waals surface area (Å²) >= 11 is 0. The van der Waals surface area contributed by atoms with Gasteiger partial charge >= 0.3 is 6.18 Å². The second-order valence-electron chi connectivity index (χ2n) is 8.70. The smallest absolute Gasteiger partial charge is 0.417 e. The van der Waals surface area contributed by atoms with Crippen molar-refractivity contribution >= 4 is 16.6 Å². The molecule has 0 unspecified atom stereocenters. The number of nitrogens with zero attached hydrogens (tertiary/aromatic N) is 3. The van der Waals surface area contributed by atoms with Crippen LogP contribution in [0.1, 0.15) is 42.4 Å². The molecular formula is C23H22F3N3O3S. The van der Waals surface area contributed by atoms with E-state index in [0.29, 0.717) is 18.3 Å². The first-order chi connectivity index (χ1) is 15.6. The van der Waals surface area contributed by atoms with E-state index < -0.39 is 28.1 Å². The largest absolute Gasteiger partial charge is 0.457 e. The van der Waals surface area contributed by atoms with Crippen molar-refractivity contribution in [3.8, 4) is 17.6 Å². The number of hydrogen-bond donors (Lipinski definition) is 2. The molecule has 3 aliphatic heterocycles. The summed E-state index contributed by atoms with van der Waals surface area (Å²) in [7, 11) is -2.98. The fraction of sp³-hybridized carbons (Fsp3) is 0.391. The summed E-state index contributed by atoms with van der Waals surface area (Å²) in [5.74, 6) is 1.58. The maximum atomic E-state index is 13.0. The number of amidine groups is 1. The Kier molecular flexibility index (Phi) is 5.12. The summed E-state index contributed by atoms with van der Waals surface area (Å²) in [6.07, 6.45) is -0.847. The minimum atomic E-state index is -4.61. The van der Waals surface area contributed by atoms with Crippen molar-refractivity contribution < 1.29 is 27.0 Å². The van der Waals surface area contributed by atoms with Crippen LogP contribution < -0.4 is 4.74 Å². The molecule has 4 aliphatic rings. The molecule has 2 bridgehead atoms. The third-order valence-corrected chi connectivity index (χ3v) is 8.04. The number of hydrogen-bond acceptors (Lipinski definition) is 6. The highest BCUT2D eigenvalue weighted by Gasteiger charge is 2.52. The third-order valence-electron chi connectivity index (χ3n) is 6.85. The molecule has 6 nitrogen and oxygen atoms in total. The Hall–Kier alpha value is -2.74. The Labute approximate surface area is 190 Å². The fourth-order valence-corrected chi connectivity index (χ4v) is 6.32. The van der Waals surface area contributed by atoms with Crippen molar-refractivity contribution in [1.82, 2.24) is 4.90 Å². The summed E-state index contributed by atoms with van der Waals surface area (Å²) in [6, 6.07) is 12.3. The maximum Gasteiger partial charge on any atom is 0.417 e. The molecular weight excluding hydrogens is 455 g/mol. The minimum absolute atomic E-state index is 0.139. The van der Waals surface area contributed by atoms with Crippen LogP contribution in [0.2, 0.25) is 0 Å². The van der Waals surface area contributed by atoms with Crippen LogP contribution >= 0.6 is 10.8 Å². The molecule has 3 fully saturated rings. The fourth-order valence-electron chi connectivity index (χ4n) is 5.23. The van der Waals surface area contributed by atoms with Gasteiger partial charge in [0.05, 0.1) is 28.4 Å². The molecule has 33 heavy (non-hydrogen) atoms. The van der Waals surface area contributed by atoms with Crippen molar-refractivity contribution in [3.63, 3.8) is 0 Å². The maximum absolute atomic E-state index is 13.0. The molecule has 0 spiro atoms. The molecule has 2 saturated heterocycles. The predicted molar refractivity (Wildman–Crippen MR) is 118 cm³/mol. The Morgan fingerprint density at radius 2 is 1.76 bits per heavy atom. The monoisotopic (exact) mass is 477 g/mol. The highest BCUT2D eigenvalue weighted by Crippen LogP contribution is 2.54. The Balaban J connectivity index is 1.42. The number of alkyl halides is 3. The van der Waals surface area contributed by atoms with Gasteiger partial charge in [-0.15, -0.1) is 4.40 Å². The molecule has 2 aromatic rings. The number of benzene rings is 2. The van der Waals surface area contributed by atoms with Crippen LogP contribution in [-0.2, 0) is 11.6 Å². The van der Waals surface area contributed by atoms with E-state index in [1.54, 1.807) is 18.2 Å². The number of ether oxygens (including phenoxy) is 1. The summed E-state index contributed by atoms with van der Waals surface area (Å²) in [4.78, 5) is 2.22. The van der Waals surface area contributed by atoms with Gasteiger partial charge in [-0.05, 0) is 61.6 Å². The van der Waals surface area contributed by atoms with Crippen LogP contribution in [0.25, 0.3) is 0 Å². The molecule has 0 aromatic heterocycles. The van der Waals surface area contributed by atoms with Gasteiger partial charge in [0, 0.05) is 12.6 Å². The standard InChI is InChI=1S/C23H22F3N3O3S/c24-23(25,26)20-6-5-19(13-15(20)14-27)32-18-3-1-16(2-4-18)22-9-7-17(8-10-22)29-11-12-33(30,31)28-21(22)29/h1-6,13,17,30-31H,7-12H2. The molecule has 6 rings (SSSR count). The zero-order valence-electron chi connectivity index (χ0n) is 17.5. The molecule has 0 atom stereocenters. The molecule has 2 aromatic carbocycles. The molecule has 1 aliphatic carbocycles. The lowest BCUT2D eigenvalue weighted by Gasteiger charge is -2.57. The molecule has 0 radical (unpaired) electrons. The van der Waals surface area contributed by atoms with Gasteiger partial charge in [0.15, 0.2) is 0 Å². The van der Waals surface area contributed by atoms with Gasteiger partial charge in [-0.1, -0.05) is 22.9 Å². The van der Waals surface area contributed by atoms with E-state index in [2.05, 4.69) is 9.30 Å². The molecule has 0 amide bonds. The van der Waals surface area contributed by atoms with E-state index in [0.717, 1.165) is 49.2 Å². The average Bonchev–Trinajstić information content (AvgIpc) is 2.78. The lowest BCUT2D eigenvalue weighted by atomic mass is 9.63. The number of rotatable bonds is 3. The van der Waals surface area contributed by atoms with Gasteiger partial charge in [-0.2, -0.15) is 18.4 Å². The first-order valence-corrected chi connectivity index (χ1v) is 12.3. The molecule has 2 N–H and O–H groups in total. The summed E-state index contributed by atoms with van der Waals surface area (Å²) in [5.41, 5.74) is -0.883. The minimum Gasteiger partial charge on any atom is -0.457 e. The number of piperidine rings is 2. The first kappa shape index (κ1) is 22.1. The quantitative estimate of drug-likeness (QED) is 0.571. The van der Waals surface area contributed by atoms with E-state index in [1.165, 1.54) is 6.07 Å². The van der Waals surface area contributed by atoms with E-state index >= 15 is 0 Å². The van der Waals surface area contributed by atoms with Crippen LogP contribution in [0, 0.1) is 11.3 Å². The molecule has 1 saturated carbocycles. The highest BCUT2D eigenvalue weighted by atomic mass is 32.3. The molecule has 10 heteroatoms. The van der Waals surface area contributed by atoms with Crippen LogP contribution in [0.5, 0.6) is 11.5 Å². The lowest BCUT2D eigenvalue weighted by Crippen LogP contribution is -2.62.